The van der Waals surface area contributed by atoms with Gasteiger partial charge in [-0.1, -0.05) is 11.2 Å². The quantitative estimate of drug-likeness (QED) is 0.472. The molecule has 0 saturated heterocycles. The maximum Gasteiger partial charge on any atom is 0.316 e. The fraction of sp³-hybridized carbons (Fsp3) is 0.158. The molecule has 0 aliphatic carbocycles. The number of ether oxygens (including phenoxy) is 1. The lowest BCUT2D eigenvalue weighted by molar-refractivity contribution is -0.114. The highest BCUT2D eigenvalue weighted by Gasteiger charge is 2.12. The molecule has 0 fully saturated rings. The van der Waals surface area contributed by atoms with Crippen molar-refractivity contribution in [2.45, 2.75) is 6.92 Å². The lowest BCUT2D eigenvalue weighted by atomic mass is 10.1. The summed E-state index contributed by atoms with van der Waals surface area (Å²) in [6, 6.07) is 12.9. The van der Waals surface area contributed by atoms with Crippen molar-refractivity contribution >= 4 is 28.5 Å². The van der Waals surface area contributed by atoms with Crippen LogP contribution in [0.3, 0.4) is 0 Å². The Morgan fingerprint density at radius 2 is 2.11 bits per heavy atom. The van der Waals surface area contributed by atoms with Crippen LogP contribution in [0.4, 0.5) is 11.7 Å². The van der Waals surface area contributed by atoms with Gasteiger partial charge in [0.2, 0.25) is 11.8 Å². The van der Waals surface area contributed by atoms with Crippen LogP contribution in [0.15, 0.2) is 46.9 Å². The number of anilines is 2. The third-order valence-electron chi connectivity index (χ3n) is 4.17. The van der Waals surface area contributed by atoms with Gasteiger partial charge >= 0.3 is 6.01 Å². The molecule has 3 N–H and O–H groups in total. The molecule has 0 bridgehead atoms. The number of nitrogens with zero attached hydrogens (tertiary/aromatic N) is 3. The predicted molar refractivity (Wildman–Crippen MR) is 104 cm³/mol. The van der Waals surface area contributed by atoms with Gasteiger partial charge < -0.3 is 19.8 Å². The van der Waals surface area contributed by atoms with Crippen LogP contribution >= 0.6 is 0 Å². The molecule has 0 aliphatic heterocycles. The second-order valence-electron chi connectivity index (χ2n) is 6.13. The number of carbonyl (C=O) groups excluding carboxylic acids is 1. The number of amides is 1. The second kappa shape index (κ2) is 7.39. The number of methoxy groups -OCH3 is 1. The number of hydrogen-bond acceptors (Lipinski definition) is 7. The maximum atomic E-state index is 12.1. The average molecular weight is 378 g/mol. The maximum absolute atomic E-state index is 12.1. The van der Waals surface area contributed by atoms with Crippen LogP contribution in [-0.4, -0.2) is 40.0 Å². The van der Waals surface area contributed by atoms with Crippen LogP contribution in [0.2, 0.25) is 0 Å². The Kier molecular flexibility index (Phi) is 4.63. The zero-order valence-electron chi connectivity index (χ0n) is 15.3. The number of aryl methyl sites for hydroxylation is 1. The average Bonchev–Trinajstić information content (AvgIpc) is 3.33. The summed E-state index contributed by atoms with van der Waals surface area (Å²) in [7, 11) is 1.57. The molecule has 0 radical (unpaired) electrons. The van der Waals surface area contributed by atoms with Crippen LogP contribution in [0.5, 0.6) is 5.75 Å². The Bertz CT molecular complexity index is 1130. The molecule has 142 valence electrons. The van der Waals surface area contributed by atoms with Gasteiger partial charge in [0.05, 0.1) is 19.2 Å². The van der Waals surface area contributed by atoms with Crippen LogP contribution in [0.25, 0.3) is 22.4 Å². The van der Waals surface area contributed by atoms with Crippen molar-refractivity contribution in [3.8, 4) is 17.2 Å². The number of carbonyl (C=O) groups is 1. The first kappa shape index (κ1) is 17.5. The second-order valence-corrected chi connectivity index (χ2v) is 6.13. The number of rotatable bonds is 6. The first-order valence-corrected chi connectivity index (χ1v) is 8.59. The molecular formula is C19H18N6O3. The van der Waals surface area contributed by atoms with Gasteiger partial charge in [-0.25, -0.2) is 0 Å². The van der Waals surface area contributed by atoms with E-state index in [1.165, 1.54) is 0 Å². The summed E-state index contributed by atoms with van der Waals surface area (Å²) in [4.78, 5) is 12.1. The van der Waals surface area contributed by atoms with Gasteiger partial charge in [0.15, 0.2) is 0 Å². The van der Waals surface area contributed by atoms with E-state index in [1.54, 1.807) is 31.4 Å². The Balaban J connectivity index is 1.40. The summed E-state index contributed by atoms with van der Waals surface area (Å²) in [5.74, 6) is 0.777. The Morgan fingerprint density at radius 1 is 1.21 bits per heavy atom. The molecule has 4 aromatic rings. The van der Waals surface area contributed by atoms with Gasteiger partial charge in [-0.3, -0.25) is 9.89 Å². The Labute approximate surface area is 160 Å². The molecule has 4 rings (SSSR count). The van der Waals surface area contributed by atoms with E-state index in [1.807, 2.05) is 25.1 Å². The number of nitrogens with one attached hydrogen (secondary N) is 3. The van der Waals surface area contributed by atoms with Gasteiger partial charge in [0, 0.05) is 28.4 Å². The largest absolute Gasteiger partial charge is 0.497 e. The molecule has 1 amide bonds. The molecule has 0 aliphatic rings. The standard InChI is InChI=1S/C19H18N6O3/c1-11-15-8-12(6-7-16(15)23-22-11)18-24-25-19(28-18)20-10-17(26)21-13-4-3-5-14(9-13)27-2/h3-9H,10H2,1-2H3,(H,20,25)(H,21,26)(H,22,23). The van der Waals surface area contributed by atoms with E-state index in [0.717, 1.165) is 22.2 Å². The fourth-order valence-electron chi connectivity index (χ4n) is 2.74. The number of H-pyrrole nitrogens is 1. The van der Waals surface area contributed by atoms with Gasteiger partial charge in [-0.05, 0) is 37.3 Å². The summed E-state index contributed by atoms with van der Waals surface area (Å²) >= 11 is 0. The summed E-state index contributed by atoms with van der Waals surface area (Å²) in [6.07, 6.45) is 0. The lowest BCUT2D eigenvalue weighted by Crippen LogP contribution is -2.21. The predicted octanol–water partition coefficient (Wildman–Crippen LogP) is 2.98. The summed E-state index contributed by atoms with van der Waals surface area (Å²) in [5.41, 5.74) is 3.25. The number of benzene rings is 2. The van der Waals surface area contributed by atoms with Gasteiger partial charge in [-0.15, -0.1) is 5.10 Å². The zero-order valence-corrected chi connectivity index (χ0v) is 15.3. The van der Waals surface area contributed by atoms with Crippen molar-refractivity contribution in [2.24, 2.45) is 0 Å². The van der Waals surface area contributed by atoms with Crippen molar-refractivity contribution in [1.29, 1.82) is 0 Å². The smallest absolute Gasteiger partial charge is 0.316 e. The Morgan fingerprint density at radius 3 is 2.96 bits per heavy atom. The van der Waals surface area contributed by atoms with E-state index in [4.69, 9.17) is 9.15 Å². The molecule has 28 heavy (non-hydrogen) atoms. The highest BCUT2D eigenvalue weighted by atomic mass is 16.5. The van der Waals surface area contributed by atoms with Gasteiger partial charge in [0.1, 0.15) is 5.75 Å². The number of hydrogen-bond donors (Lipinski definition) is 3. The zero-order chi connectivity index (χ0) is 19.5. The van der Waals surface area contributed by atoms with Crippen molar-refractivity contribution in [1.82, 2.24) is 20.4 Å². The third kappa shape index (κ3) is 3.63. The molecule has 0 spiro atoms. The summed E-state index contributed by atoms with van der Waals surface area (Å²) < 4.78 is 10.7. The molecular weight excluding hydrogens is 360 g/mol. The SMILES string of the molecule is COc1cccc(NC(=O)CNc2nnc(-c3ccc4n[nH]c(C)c4c3)o2)c1. The first-order valence-electron chi connectivity index (χ1n) is 8.59. The van der Waals surface area contributed by atoms with Crippen LogP contribution in [-0.2, 0) is 4.79 Å². The summed E-state index contributed by atoms with van der Waals surface area (Å²) in [6.45, 7) is 1.93. The lowest BCUT2D eigenvalue weighted by Gasteiger charge is -2.06. The van der Waals surface area contributed by atoms with Crippen molar-refractivity contribution in [3.05, 3.63) is 48.2 Å². The van der Waals surface area contributed by atoms with E-state index in [0.29, 0.717) is 17.3 Å². The monoisotopic (exact) mass is 378 g/mol. The number of aromatic amines is 1. The molecule has 0 atom stereocenters. The topological polar surface area (TPSA) is 118 Å². The van der Waals surface area contributed by atoms with Crippen LogP contribution < -0.4 is 15.4 Å². The van der Waals surface area contributed by atoms with Crippen molar-refractivity contribution in [2.75, 3.05) is 24.3 Å². The normalized spacial score (nSPS) is 10.8. The summed E-state index contributed by atoms with van der Waals surface area (Å²) in [5, 5.41) is 21.7. The molecule has 2 aromatic heterocycles. The van der Waals surface area contributed by atoms with E-state index in [9.17, 15) is 4.79 Å². The molecule has 0 unspecified atom stereocenters. The molecule has 9 heteroatoms. The van der Waals surface area contributed by atoms with Crippen LogP contribution in [0.1, 0.15) is 5.69 Å². The molecule has 2 aromatic carbocycles. The fourth-order valence-corrected chi connectivity index (χ4v) is 2.74. The van der Waals surface area contributed by atoms with Gasteiger partial charge in [-0.2, -0.15) is 5.10 Å². The third-order valence-corrected chi connectivity index (χ3v) is 4.17. The van der Waals surface area contributed by atoms with Gasteiger partial charge in [0.25, 0.3) is 0 Å². The van der Waals surface area contributed by atoms with E-state index in [-0.39, 0.29) is 18.5 Å². The van der Waals surface area contributed by atoms with Crippen LogP contribution in [0, 0.1) is 6.92 Å². The minimum absolute atomic E-state index is 0.0152. The molecule has 2 heterocycles. The number of fused-ring (bicyclic) bond motifs is 1. The molecule has 0 saturated carbocycles. The highest BCUT2D eigenvalue weighted by Crippen LogP contribution is 2.25. The number of aromatic nitrogens is 4. The van der Waals surface area contributed by atoms with E-state index >= 15 is 0 Å². The molecule has 9 nitrogen and oxygen atoms in total. The van der Waals surface area contributed by atoms with Crippen molar-refractivity contribution < 1.29 is 13.9 Å². The van der Waals surface area contributed by atoms with Crippen molar-refractivity contribution in [3.63, 3.8) is 0 Å². The highest BCUT2D eigenvalue weighted by molar-refractivity contribution is 5.93. The Hall–Kier alpha value is -3.88. The minimum atomic E-state index is -0.247. The minimum Gasteiger partial charge on any atom is -0.497 e. The van der Waals surface area contributed by atoms with E-state index in [2.05, 4.69) is 31.0 Å². The first-order chi connectivity index (χ1) is 13.6. The van der Waals surface area contributed by atoms with E-state index < -0.39 is 0 Å².